The van der Waals surface area contributed by atoms with Gasteiger partial charge in [-0.1, -0.05) is 35.9 Å². The van der Waals surface area contributed by atoms with E-state index in [-0.39, 0.29) is 34.5 Å². The van der Waals surface area contributed by atoms with Crippen molar-refractivity contribution in [3.8, 4) is 5.75 Å². The molecule has 1 saturated heterocycles. The van der Waals surface area contributed by atoms with Crippen molar-refractivity contribution in [3.05, 3.63) is 65.4 Å². The second-order valence-electron chi connectivity index (χ2n) is 9.04. The first-order valence-electron chi connectivity index (χ1n) is 11.9. The molecule has 3 aromatic heterocycles. The number of halogens is 1. The van der Waals surface area contributed by atoms with E-state index < -0.39 is 31.1 Å². The minimum Gasteiger partial charge on any atom is -0.504 e. The molecule has 4 heterocycles. The van der Waals surface area contributed by atoms with E-state index in [9.17, 15) is 20.4 Å². The zero-order chi connectivity index (χ0) is 27.3. The number of nitrogen functional groups attached to an aromatic ring is 1. The molecule has 6 N–H and O–H groups in total. The van der Waals surface area contributed by atoms with Gasteiger partial charge in [0.05, 0.1) is 12.1 Å². The van der Waals surface area contributed by atoms with Crippen LogP contribution in [0.2, 0.25) is 5.02 Å². The Bertz CT molecular complexity index is 1700. The van der Waals surface area contributed by atoms with Gasteiger partial charge in [0, 0.05) is 17.0 Å². The maximum atomic E-state index is 11.1. The zero-order valence-corrected chi connectivity index (χ0v) is 21.0. The van der Waals surface area contributed by atoms with Crippen LogP contribution < -0.4 is 5.73 Å². The average molecular weight is 551 g/mol. The van der Waals surface area contributed by atoms with Crippen LogP contribution in [0, 0.1) is 0 Å². The number of aliphatic hydroxyl groups excluding tert-OH is 3. The number of benzene rings is 2. The summed E-state index contributed by atoms with van der Waals surface area (Å²) in [5.41, 5.74) is 8.01. The normalized spacial score (nSPS) is 21.5. The molecule has 6 rings (SSSR count). The number of nitrogens with two attached hydrogens (primary N) is 1. The zero-order valence-electron chi connectivity index (χ0n) is 20.2. The Balaban J connectivity index is 1.49. The van der Waals surface area contributed by atoms with Gasteiger partial charge in [-0.25, -0.2) is 15.0 Å². The minimum absolute atomic E-state index is 0.0571. The van der Waals surface area contributed by atoms with Gasteiger partial charge < -0.3 is 35.5 Å². The number of hydrogen-bond donors (Lipinski definition) is 5. The summed E-state index contributed by atoms with van der Waals surface area (Å²) in [6.45, 7) is -0.162. The molecule has 0 spiro atoms. The van der Waals surface area contributed by atoms with Gasteiger partial charge in [-0.15, -0.1) is 10.2 Å². The Labute approximate surface area is 225 Å². The molecule has 14 heteroatoms. The van der Waals surface area contributed by atoms with E-state index in [0.717, 1.165) is 11.1 Å². The molecule has 13 nitrogen and oxygen atoms in total. The number of anilines is 1. The van der Waals surface area contributed by atoms with Gasteiger partial charge >= 0.3 is 0 Å². The van der Waals surface area contributed by atoms with Crippen LogP contribution in [-0.4, -0.2) is 69.4 Å². The van der Waals surface area contributed by atoms with Crippen molar-refractivity contribution in [2.75, 3.05) is 12.3 Å². The molecule has 39 heavy (non-hydrogen) atoms. The number of rotatable bonds is 6. The van der Waals surface area contributed by atoms with Crippen molar-refractivity contribution in [2.45, 2.75) is 31.1 Å². The third kappa shape index (κ3) is 4.26. The highest BCUT2D eigenvalue weighted by molar-refractivity contribution is 6.30. The largest absolute Gasteiger partial charge is 0.504 e. The fourth-order valence-electron chi connectivity index (χ4n) is 4.71. The van der Waals surface area contributed by atoms with Crippen LogP contribution in [0.15, 0.2) is 65.1 Å². The van der Waals surface area contributed by atoms with Crippen molar-refractivity contribution in [2.24, 2.45) is 10.2 Å². The number of aromatic nitrogens is 5. The highest BCUT2D eigenvalue weighted by Gasteiger charge is 2.45. The molecule has 0 aliphatic carbocycles. The molecule has 0 saturated carbocycles. The van der Waals surface area contributed by atoms with Crippen LogP contribution in [0.1, 0.15) is 11.8 Å². The highest BCUT2D eigenvalue weighted by Crippen LogP contribution is 2.41. The molecule has 5 aromatic rings. The van der Waals surface area contributed by atoms with Gasteiger partial charge in [0.25, 0.3) is 5.95 Å². The number of nitrogens with zero attached hydrogens (tertiary/aromatic N) is 7. The van der Waals surface area contributed by atoms with Crippen molar-refractivity contribution in [1.29, 1.82) is 0 Å². The van der Waals surface area contributed by atoms with Crippen LogP contribution >= 0.6 is 11.6 Å². The summed E-state index contributed by atoms with van der Waals surface area (Å²) in [7, 11) is 0. The smallest absolute Gasteiger partial charge is 0.254 e. The molecular weight excluding hydrogens is 528 g/mol. The first-order valence-corrected chi connectivity index (χ1v) is 12.3. The van der Waals surface area contributed by atoms with E-state index in [1.807, 2.05) is 24.3 Å². The Morgan fingerprint density at radius 1 is 1.03 bits per heavy atom. The Hall–Kier alpha value is -4.14. The Morgan fingerprint density at radius 3 is 2.54 bits per heavy atom. The van der Waals surface area contributed by atoms with Gasteiger partial charge in [0.1, 0.15) is 24.6 Å². The van der Waals surface area contributed by atoms with E-state index in [1.54, 1.807) is 28.8 Å². The number of para-hydroxylation sites is 1. The fraction of sp³-hybridized carbons (Fsp3) is 0.240. The lowest BCUT2D eigenvalue weighted by atomic mass is 10.1. The summed E-state index contributed by atoms with van der Waals surface area (Å²) >= 11 is 6.05. The van der Waals surface area contributed by atoms with E-state index >= 15 is 0 Å². The molecule has 0 radical (unpaired) electrons. The first kappa shape index (κ1) is 25.2. The maximum absolute atomic E-state index is 11.1. The van der Waals surface area contributed by atoms with Gasteiger partial charge in [0.15, 0.2) is 34.8 Å². The maximum Gasteiger partial charge on any atom is 0.254 e. The molecule has 4 atom stereocenters. The number of imidazole rings is 1. The number of hydrogen-bond acceptors (Lipinski definition) is 11. The van der Waals surface area contributed by atoms with Gasteiger partial charge in [-0.3, -0.25) is 4.57 Å². The standard InChI is InChI=1S/C25H23ClN8O5/c26-13-7-5-12(6-8-13)9-33-15-4-2-1-3-14(15)18(36)23(33)31-32-25-30-17-21(27)28-11-29-22(17)34(25)24-20(38)19(37)16(10-35)39-24/h1-8,11,16,19-20,24,35-38H,9-10H2,(H2,27,28,29). The summed E-state index contributed by atoms with van der Waals surface area (Å²) < 4.78 is 8.83. The van der Waals surface area contributed by atoms with Gasteiger partial charge in [-0.05, 0) is 29.8 Å². The summed E-state index contributed by atoms with van der Waals surface area (Å²) in [5, 5.41) is 51.5. The molecule has 2 aromatic carbocycles. The van der Waals surface area contributed by atoms with Crippen LogP contribution in [0.25, 0.3) is 22.1 Å². The van der Waals surface area contributed by atoms with Crippen molar-refractivity contribution >= 4 is 51.3 Å². The molecule has 200 valence electrons. The Kier molecular flexibility index (Phi) is 6.37. The lowest BCUT2D eigenvalue weighted by Gasteiger charge is -2.17. The second kappa shape index (κ2) is 9.87. The van der Waals surface area contributed by atoms with Crippen LogP contribution in [-0.2, 0) is 11.3 Å². The molecule has 4 unspecified atom stereocenters. The lowest BCUT2D eigenvalue weighted by Crippen LogP contribution is -2.33. The van der Waals surface area contributed by atoms with Crippen molar-refractivity contribution in [3.63, 3.8) is 0 Å². The summed E-state index contributed by atoms with van der Waals surface area (Å²) in [6, 6.07) is 14.6. The SMILES string of the molecule is Nc1ncnc2c1nc(N=Nc1c(O)c3ccccc3n1Cc1ccc(Cl)cc1)n2C1OC(CO)C(O)C1O. The highest BCUT2D eigenvalue weighted by atomic mass is 35.5. The molecule has 1 fully saturated rings. The Morgan fingerprint density at radius 2 is 1.79 bits per heavy atom. The van der Waals surface area contributed by atoms with Gasteiger partial charge in [-0.2, -0.15) is 0 Å². The van der Waals surface area contributed by atoms with E-state index in [1.165, 1.54) is 10.9 Å². The van der Waals surface area contributed by atoms with E-state index in [2.05, 4.69) is 25.2 Å². The van der Waals surface area contributed by atoms with Crippen molar-refractivity contribution < 1.29 is 25.2 Å². The number of aliphatic hydroxyl groups is 3. The minimum atomic E-state index is -1.44. The fourth-order valence-corrected chi connectivity index (χ4v) is 4.84. The van der Waals surface area contributed by atoms with Crippen LogP contribution in [0.3, 0.4) is 0 Å². The third-order valence-corrected chi connectivity index (χ3v) is 6.92. The van der Waals surface area contributed by atoms with Gasteiger partial charge in [0.2, 0.25) is 0 Å². The monoisotopic (exact) mass is 550 g/mol. The van der Waals surface area contributed by atoms with Crippen LogP contribution in [0.4, 0.5) is 17.6 Å². The topological polar surface area (TPSA) is 189 Å². The van der Waals surface area contributed by atoms with Crippen LogP contribution in [0.5, 0.6) is 5.75 Å². The predicted octanol–water partition coefficient (Wildman–Crippen LogP) is 2.80. The molecule has 1 aliphatic heterocycles. The van der Waals surface area contributed by atoms with E-state index in [4.69, 9.17) is 22.1 Å². The summed E-state index contributed by atoms with van der Waals surface area (Å²) in [4.78, 5) is 12.6. The molecule has 0 bridgehead atoms. The van der Waals surface area contributed by atoms with E-state index in [0.29, 0.717) is 17.0 Å². The second-order valence-corrected chi connectivity index (χ2v) is 9.48. The predicted molar refractivity (Wildman–Crippen MR) is 141 cm³/mol. The van der Waals surface area contributed by atoms with Crippen molar-refractivity contribution in [1.82, 2.24) is 24.1 Å². The average Bonchev–Trinajstić information content (AvgIpc) is 3.54. The quantitative estimate of drug-likeness (QED) is 0.198. The number of aromatic hydroxyl groups is 1. The lowest BCUT2D eigenvalue weighted by molar-refractivity contribution is -0.0503. The first-order chi connectivity index (χ1) is 18.9. The number of azo groups is 1. The molecule has 0 amide bonds. The number of ether oxygens (including phenoxy) is 1. The summed E-state index contributed by atoms with van der Waals surface area (Å²) in [6.07, 6.45) is -3.84. The number of fused-ring (bicyclic) bond motifs is 2. The third-order valence-electron chi connectivity index (χ3n) is 6.66. The molecular formula is C25H23ClN8O5. The molecule has 1 aliphatic rings. The summed E-state index contributed by atoms with van der Waals surface area (Å²) in [5.74, 6) is 0.0551.